The molecule has 20 heavy (non-hydrogen) atoms. The minimum absolute atomic E-state index is 0.0817. The van der Waals surface area contributed by atoms with Crippen molar-refractivity contribution in [3.63, 3.8) is 0 Å². The van der Waals surface area contributed by atoms with Gasteiger partial charge >= 0.3 is 12.6 Å². The van der Waals surface area contributed by atoms with Gasteiger partial charge in [-0.1, -0.05) is 0 Å². The van der Waals surface area contributed by atoms with Crippen molar-refractivity contribution in [1.82, 2.24) is 0 Å². The van der Waals surface area contributed by atoms with Crippen LogP contribution in [0.5, 0.6) is 5.75 Å². The number of halogens is 4. The highest BCUT2D eigenvalue weighted by molar-refractivity contribution is 5.94. The smallest absolute Gasteiger partial charge is 0.387 e. The van der Waals surface area contributed by atoms with E-state index >= 15 is 0 Å². The van der Waals surface area contributed by atoms with E-state index in [9.17, 15) is 22.4 Å². The zero-order chi connectivity index (χ0) is 15.3. The first-order valence-corrected chi connectivity index (χ1v) is 5.38. The van der Waals surface area contributed by atoms with Crippen molar-refractivity contribution in [3.8, 4) is 11.8 Å². The Morgan fingerprint density at radius 2 is 2.00 bits per heavy atom. The monoisotopic (exact) mass is 291 g/mol. The van der Waals surface area contributed by atoms with Gasteiger partial charge < -0.3 is 9.47 Å². The molecule has 8 heteroatoms. The highest BCUT2D eigenvalue weighted by atomic mass is 19.3. The number of hydrogen-bond donors (Lipinski definition) is 0. The van der Waals surface area contributed by atoms with Crippen molar-refractivity contribution in [3.05, 3.63) is 28.8 Å². The van der Waals surface area contributed by atoms with E-state index in [1.165, 1.54) is 13.0 Å². The quantitative estimate of drug-likeness (QED) is 0.617. The summed E-state index contributed by atoms with van der Waals surface area (Å²) in [6.07, 6.45) is -3.15. The fourth-order valence-electron chi connectivity index (χ4n) is 1.50. The molecule has 0 amide bonds. The lowest BCUT2D eigenvalue weighted by Crippen LogP contribution is -2.12. The topological polar surface area (TPSA) is 59.3 Å². The second-order valence-corrected chi connectivity index (χ2v) is 3.45. The molecule has 1 rings (SSSR count). The van der Waals surface area contributed by atoms with Gasteiger partial charge in [-0.2, -0.15) is 14.0 Å². The number of carbonyl (C=O) groups excluding carboxylic acids is 1. The first kappa shape index (κ1) is 15.8. The van der Waals surface area contributed by atoms with Crippen molar-refractivity contribution < 1.29 is 31.8 Å². The van der Waals surface area contributed by atoms with E-state index in [1.807, 2.05) is 0 Å². The standard InChI is InChI=1S/C12H9F4NO3/c1-2-19-11(18)9-6(5-17)3-7(20-12(15)16)4-8(9)10(13)14/h3-4,10,12H,2H2,1H3. The highest BCUT2D eigenvalue weighted by Gasteiger charge is 2.25. The normalized spacial score (nSPS) is 10.5. The van der Waals surface area contributed by atoms with Crippen LogP contribution in [0.3, 0.4) is 0 Å². The molecule has 0 aliphatic carbocycles. The molecule has 0 saturated carbocycles. The van der Waals surface area contributed by atoms with Crippen molar-refractivity contribution in [2.24, 2.45) is 0 Å². The fraction of sp³-hybridized carbons (Fsp3) is 0.333. The average molecular weight is 291 g/mol. The molecule has 1 aromatic carbocycles. The van der Waals surface area contributed by atoms with Crippen LogP contribution in [-0.4, -0.2) is 19.2 Å². The van der Waals surface area contributed by atoms with Gasteiger partial charge in [0.15, 0.2) is 0 Å². The highest BCUT2D eigenvalue weighted by Crippen LogP contribution is 2.31. The van der Waals surface area contributed by atoms with E-state index in [0.717, 1.165) is 6.07 Å². The second kappa shape index (κ2) is 6.75. The number of hydrogen-bond acceptors (Lipinski definition) is 4. The van der Waals surface area contributed by atoms with E-state index in [1.54, 1.807) is 0 Å². The Kier molecular flexibility index (Phi) is 5.32. The molecule has 0 aromatic heterocycles. The summed E-state index contributed by atoms with van der Waals surface area (Å²) in [5, 5.41) is 8.85. The summed E-state index contributed by atoms with van der Waals surface area (Å²) in [6.45, 7) is -1.86. The molecule has 4 nitrogen and oxygen atoms in total. The SMILES string of the molecule is CCOC(=O)c1c(C#N)cc(OC(F)F)cc1C(F)F. The maximum atomic E-state index is 12.9. The van der Waals surface area contributed by atoms with Gasteiger partial charge in [0.1, 0.15) is 11.8 Å². The molecule has 0 unspecified atom stereocenters. The Balaban J connectivity index is 3.41. The molecule has 0 heterocycles. The summed E-state index contributed by atoms with van der Waals surface area (Å²) in [4.78, 5) is 11.6. The number of nitrogens with zero attached hydrogens (tertiary/aromatic N) is 1. The number of esters is 1. The summed E-state index contributed by atoms with van der Waals surface area (Å²) < 4.78 is 58.5. The van der Waals surface area contributed by atoms with Gasteiger partial charge in [-0.05, 0) is 19.1 Å². The first-order chi connectivity index (χ1) is 9.40. The number of ether oxygens (including phenoxy) is 2. The van der Waals surface area contributed by atoms with Gasteiger partial charge in [0.2, 0.25) is 0 Å². The second-order valence-electron chi connectivity index (χ2n) is 3.45. The summed E-state index contributed by atoms with van der Waals surface area (Å²) >= 11 is 0. The van der Waals surface area contributed by atoms with Gasteiger partial charge in [0, 0.05) is 5.56 Å². The average Bonchev–Trinajstić information content (AvgIpc) is 2.36. The Morgan fingerprint density at radius 3 is 2.45 bits per heavy atom. The molecule has 0 aliphatic heterocycles. The maximum Gasteiger partial charge on any atom is 0.387 e. The van der Waals surface area contributed by atoms with Crippen LogP contribution in [0.25, 0.3) is 0 Å². The third-order valence-electron chi connectivity index (χ3n) is 2.20. The summed E-state index contributed by atoms with van der Waals surface area (Å²) in [7, 11) is 0. The van der Waals surface area contributed by atoms with Crippen LogP contribution >= 0.6 is 0 Å². The van der Waals surface area contributed by atoms with Gasteiger partial charge in [0.05, 0.1) is 17.7 Å². The molecule has 0 atom stereocenters. The van der Waals surface area contributed by atoms with Crippen LogP contribution in [0.1, 0.15) is 34.8 Å². The van der Waals surface area contributed by atoms with Crippen LogP contribution in [0, 0.1) is 11.3 Å². The zero-order valence-electron chi connectivity index (χ0n) is 10.2. The predicted molar refractivity (Wildman–Crippen MR) is 58.7 cm³/mol. The van der Waals surface area contributed by atoms with E-state index < -0.39 is 41.4 Å². The molecule has 0 bridgehead atoms. The predicted octanol–water partition coefficient (Wildman–Crippen LogP) is 3.27. The van der Waals surface area contributed by atoms with Gasteiger partial charge in [-0.3, -0.25) is 0 Å². The largest absolute Gasteiger partial charge is 0.462 e. The molecule has 0 radical (unpaired) electrons. The van der Waals surface area contributed by atoms with Gasteiger partial charge in [-0.25, -0.2) is 13.6 Å². The number of carbonyl (C=O) groups is 1. The van der Waals surface area contributed by atoms with Gasteiger partial charge in [-0.15, -0.1) is 0 Å². The molecule has 1 aromatic rings. The van der Waals surface area contributed by atoms with E-state index in [2.05, 4.69) is 9.47 Å². The van der Waals surface area contributed by atoms with E-state index in [-0.39, 0.29) is 6.61 Å². The summed E-state index contributed by atoms with van der Waals surface area (Å²) in [5.41, 5.74) is -2.05. The molecule has 0 saturated heterocycles. The minimum atomic E-state index is -3.24. The molecule has 0 N–H and O–H groups in total. The molecular weight excluding hydrogens is 282 g/mol. The Morgan fingerprint density at radius 1 is 1.35 bits per heavy atom. The van der Waals surface area contributed by atoms with Crippen molar-refractivity contribution in [2.75, 3.05) is 6.61 Å². The fourth-order valence-corrected chi connectivity index (χ4v) is 1.50. The van der Waals surface area contributed by atoms with Crippen molar-refractivity contribution in [2.45, 2.75) is 20.0 Å². The van der Waals surface area contributed by atoms with Crippen molar-refractivity contribution >= 4 is 5.97 Å². The van der Waals surface area contributed by atoms with Crippen LogP contribution in [0.4, 0.5) is 17.6 Å². The van der Waals surface area contributed by atoms with Crippen LogP contribution in [0.15, 0.2) is 12.1 Å². The van der Waals surface area contributed by atoms with Crippen molar-refractivity contribution in [1.29, 1.82) is 5.26 Å². The summed E-state index contributed by atoms with van der Waals surface area (Å²) in [6, 6.07) is 2.85. The van der Waals surface area contributed by atoms with Crippen LogP contribution in [-0.2, 0) is 4.74 Å². The number of benzene rings is 1. The molecule has 0 fully saturated rings. The minimum Gasteiger partial charge on any atom is -0.462 e. The molecule has 108 valence electrons. The number of alkyl halides is 4. The Labute approximate surface area is 111 Å². The molecule has 0 aliphatic rings. The maximum absolute atomic E-state index is 12.9. The van der Waals surface area contributed by atoms with E-state index in [0.29, 0.717) is 6.07 Å². The zero-order valence-corrected chi connectivity index (χ0v) is 10.2. The molecular formula is C12H9F4NO3. The van der Waals surface area contributed by atoms with E-state index in [4.69, 9.17) is 5.26 Å². The van der Waals surface area contributed by atoms with Crippen LogP contribution < -0.4 is 4.74 Å². The lowest BCUT2D eigenvalue weighted by molar-refractivity contribution is -0.0500. The third-order valence-corrected chi connectivity index (χ3v) is 2.20. The third kappa shape index (κ3) is 3.60. The lowest BCUT2D eigenvalue weighted by atomic mass is 10.0. The number of rotatable bonds is 5. The number of nitriles is 1. The van der Waals surface area contributed by atoms with Gasteiger partial charge in [0.25, 0.3) is 6.43 Å². The lowest BCUT2D eigenvalue weighted by Gasteiger charge is -2.13. The Hall–Kier alpha value is -2.30. The molecule has 0 spiro atoms. The summed E-state index contributed by atoms with van der Waals surface area (Å²) in [5.74, 6) is -1.75. The Bertz CT molecular complexity index is 540. The first-order valence-electron chi connectivity index (χ1n) is 5.38. The van der Waals surface area contributed by atoms with Crippen LogP contribution in [0.2, 0.25) is 0 Å².